The van der Waals surface area contributed by atoms with E-state index in [0.29, 0.717) is 12.8 Å². The zero-order valence-electron chi connectivity index (χ0n) is 15.4. The third kappa shape index (κ3) is 3.16. The molecule has 0 spiro atoms. The first-order chi connectivity index (χ1) is 11.1. The van der Waals surface area contributed by atoms with Gasteiger partial charge in [0.1, 0.15) is 5.60 Å². The van der Waals surface area contributed by atoms with Crippen molar-refractivity contribution in [2.24, 2.45) is 7.05 Å². The Bertz CT molecular complexity index is 618. The Morgan fingerprint density at radius 2 is 1.92 bits per heavy atom. The molecule has 24 heavy (non-hydrogen) atoms. The Hall–Kier alpha value is -1.56. The van der Waals surface area contributed by atoms with E-state index < -0.39 is 11.2 Å². The van der Waals surface area contributed by atoms with Gasteiger partial charge in [-0.05, 0) is 47.0 Å². The molecule has 1 amide bonds. The van der Waals surface area contributed by atoms with Crippen LogP contribution >= 0.6 is 0 Å². The zero-order valence-corrected chi connectivity index (χ0v) is 15.4. The van der Waals surface area contributed by atoms with Crippen molar-refractivity contribution in [1.82, 2.24) is 14.7 Å². The first kappa shape index (κ1) is 17.3. The molecule has 6 nitrogen and oxygen atoms in total. The molecule has 3 rings (SSSR count). The van der Waals surface area contributed by atoms with E-state index in [0.717, 1.165) is 30.5 Å². The molecule has 3 heterocycles. The molecule has 1 aromatic rings. The third-order valence-electron chi connectivity index (χ3n) is 5.13. The number of carbonyl (C=O) groups is 1. The number of nitrogens with zero attached hydrogens (tertiary/aromatic N) is 3. The average molecular weight is 335 g/mol. The highest BCUT2D eigenvalue weighted by Crippen LogP contribution is 2.45. The van der Waals surface area contributed by atoms with Crippen molar-refractivity contribution in [1.29, 1.82) is 0 Å². The summed E-state index contributed by atoms with van der Waals surface area (Å²) in [5.74, 6) is 0. The largest absolute Gasteiger partial charge is 0.444 e. The fourth-order valence-electron chi connectivity index (χ4n) is 4.32. The van der Waals surface area contributed by atoms with Crippen LogP contribution in [0.1, 0.15) is 64.1 Å². The molecule has 2 atom stereocenters. The van der Waals surface area contributed by atoms with E-state index in [2.05, 4.69) is 5.10 Å². The predicted octanol–water partition coefficient (Wildman–Crippen LogP) is 2.87. The summed E-state index contributed by atoms with van der Waals surface area (Å²) in [7, 11) is 1.87. The SMILES string of the molecule is Cc1nn(C)cc1C1(O)CC2CCCC(C1)N2C(=O)OC(C)(C)C. The molecule has 0 radical (unpaired) electrons. The molecule has 134 valence electrons. The molecule has 1 N–H and O–H groups in total. The molecule has 6 heteroatoms. The van der Waals surface area contributed by atoms with Crippen LogP contribution in [0, 0.1) is 6.92 Å². The van der Waals surface area contributed by atoms with Gasteiger partial charge < -0.3 is 14.7 Å². The topological polar surface area (TPSA) is 67.6 Å². The Morgan fingerprint density at radius 1 is 1.33 bits per heavy atom. The summed E-state index contributed by atoms with van der Waals surface area (Å²) in [6, 6.07) is 0.0499. The molecule has 1 aromatic heterocycles. The maximum Gasteiger partial charge on any atom is 0.410 e. The number of hydrogen-bond donors (Lipinski definition) is 1. The van der Waals surface area contributed by atoms with Gasteiger partial charge in [0.25, 0.3) is 0 Å². The van der Waals surface area contributed by atoms with Crippen LogP contribution in [0.5, 0.6) is 0 Å². The minimum atomic E-state index is -0.910. The molecule has 2 unspecified atom stereocenters. The Kier molecular flexibility index (Phi) is 4.14. The van der Waals surface area contributed by atoms with Crippen molar-refractivity contribution in [2.45, 2.75) is 83.1 Å². The number of aryl methyl sites for hydroxylation is 2. The van der Waals surface area contributed by atoms with Gasteiger partial charge in [0.2, 0.25) is 0 Å². The molecular weight excluding hydrogens is 306 g/mol. The first-order valence-corrected chi connectivity index (χ1v) is 8.83. The van der Waals surface area contributed by atoms with E-state index in [9.17, 15) is 9.90 Å². The number of ether oxygens (including phenoxy) is 1. The predicted molar refractivity (Wildman–Crippen MR) is 90.6 cm³/mol. The highest BCUT2D eigenvalue weighted by atomic mass is 16.6. The van der Waals surface area contributed by atoms with Crippen LogP contribution in [0.15, 0.2) is 6.20 Å². The molecule has 2 aliphatic rings. The van der Waals surface area contributed by atoms with Crippen molar-refractivity contribution in [3.05, 3.63) is 17.5 Å². The summed E-state index contributed by atoms with van der Waals surface area (Å²) in [6.45, 7) is 7.60. The number of aliphatic hydroxyl groups is 1. The number of amides is 1. The average Bonchev–Trinajstić information content (AvgIpc) is 2.75. The van der Waals surface area contributed by atoms with Gasteiger partial charge in [0.15, 0.2) is 0 Å². The van der Waals surface area contributed by atoms with Crippen LogP contribution in [-0.4, -0.2) is 43.6 Å². The van der Waals surface area contributed by atoms with Crippen molar-refractivity contribution in [3.63, 3.8) is 0 Å². The summed E-state index contributed by atoms with van der Waals surface area (Å²) < 4.78 is 7.35. The maximum atomic E-state index is 12.7. The summed E-state index contributed by atoms with van der Waals surface area (Å²) in [5, 5.41) is 15.7. The number of carbonyl (C=O) groups excluding carboxylic acids is 1. The standard InChI is InChI=1S/C18H29N3O3/c1-12-15(11-20(5)19-12)18(23)9-13-7-6-8-14(10-18)21(13)16(22)24-17(2,3)4/h11,13-14,23H,6-10H2,1-5H3. The lowest BCUT2D eigenvalue weighted by Gasteiger charge is -2.51. The fraction of sp³-hybridized carbons (Fsp3) is 0.778. The Labute approximate surface area is 143 Å². The molecule has 2 saturated heterocycles. The molecule has 2 bridgehead atoms. The lowest BCUT2D eigenvalue weighted by Crippen LogP contribution is -2.59. The lowest BCUT2D eigenvalue weighted by molar-refractivity contribution is -0.0967. The molecule has 0 saturated carbocycles. The maximum absolute atomic E-state index is 12.7. The fourth-order valence-corrected chi connectivity index (χ4v) is 4.32. The van der Waals surface area contributed by atoms with Gasteiger partial charge in [-0.2, -0.15) is 5.10 Å². The second-order valence-corrected chi connectivity index (χ2v) is 8.37. The zero-order chi connectivity index (χ0) is 17.7. The number of aromatic nitrogens is 2. The van der Waals surface area contributed by atoms with Crippen molar-refractivity contribution in [3.8, 4) is 0 Å². The van der Waals surface area contributed by atoms with Crippen molar-refractivity contribution in [2.75, 3.05) is 0 Å². The van der Waals surface area contributed by atoms with Crippen molar-refractivity contribution < 1.29 is 14.6 Å². The second-order valence-electron chi connectivity index (χ2n) is 8.37. The van der Waals surface area contributed by atoms with Crippen molar-refractivity contribution >= 4 is 6.09 Å². The molecule has 2 aliphatic heterocycles. The van der Waals surface area contributed by atoms with E-state index >= 15 is 0 Å². The number of fused-ring (bicyclic) bond motifs is 2. The van der Waals surface area contributed by atoms with Gasteiger partial charge in [0, 0.05) is 43.7 Å². The summed E-state index contributed by atoms with van der Waals surface area (Å²) in [5.41, 5.74) is 0.348. The minimum Gasteiger partial charge on any atom is -0.444 e. The van der Waals surface area contributed by atoms with Crippen LogP contribution in [0.2, 0.25) is 0 Å². The molecular formula is C18H29N3O3. The van der Waals surface area contributed by atoms with Crippen LogP contribution in [0.4, 0.5) is 4.79 Å². The van der Waals surface area contributed by atoms with E-state index in [1.165, 1.54) is 0 Å². The highest BCUT2D eigenvalue weighted by Gasteiger charge is 2.50. The highest BCUT2D eigenvalue weighted by molar-refractivity contribution is 5.69. The monoisotopic (exact) mass is 335 g/mol. The normalized spacial score (nSPS) is 30.3. The second kappa shape index (κ2) is 5.76. The van der Waals surface area contributed by atoms with E-state index in [1.807, 2.05) is 45.8 Å². The van der Waals surface area contributed by atoms with Gasteiger partial charge in [-0.25, -0.2) is 4.79 Å². The molecule has 2 fully saturated rings. The van der Waals surface area contributed by atoms with E-state index in [-0.39, 0.29) is 18.2 Å². The van der Waals surface area contributed by atoms with E-state index in [1.54, 1.807) is 4.68 Å². The van der Waals surface area contributed by atoms with Gasteiger partial charge in [-0.15, -0.1) is 0 Å². The summed E-state index contributed by atoms with van der Waals surface area (Å²) >= 11 is 0. The number of hydrogen-bond acceptors (Lipinski definition) is 4. The summed E-state index contributed by atoms with van der Waals surface area (Å²) in [6.07, 6.45) is 5.69. The smallest absolute Gasteiger partial charge is 0.410 e. The van der Waals surface area contributed by atoms with Crippen LogP contribution in [0.3, 0.4) is 0 Å². The van der Waals surface area contributed by atoms with Gasteiger partial charge >= 0.3 is 6.09 Å². The van der Waals surface area contributed by atoms with Gasteiger partial charge in [0.05, 0.1) is 11.3 Å². The quantitative estimate of drug-likeness (QED) is 0.857. The first-order valence-electron chi connectivity index (χ1n) is 8.83. The Morgan fingerprint density at radius 3 is 2.38 bits per heavy atom. The van der Waals surface area contributed by atoms with Crippen LogP contribution in [0.25, 0.3) is 0 Å². The van der Waals surface area contributed by atoms with E-state index in [4.69, 9.17) is 4.74 Å². The van der Waals surface area contributed by atoms with Crippen LogP contribution in [-0.2, 0) is 17.4 Å². The summed E-state index contributed by atoms with van der Waals surface area (Å²) in [4.78, 5) is 14.5. The number of piperidine rings is 2. The third-order valence-corrected chi connectivity index (χ3v) is 5.13. The lowest BCUT2D eigenvalue weighted by atomic mass is 9.73. The van der Waals surface area contributed by atoms with Gasteiger partial charge in [-0.1, -0.05) is 0 Å². The Balaban J connectivity index is 1.85. The van der Waals surface area contributed by atoms with Crippen LogP contribution < -0.4 is 0 Å². The minimum absolute atomic E-state index is 0.0250. The number of rotatable bonds is 1. The molecule has 0 aromatic carbocycles. The van der Waals surface area contributed by atoms with Gasteiger partial charge in [-0.3, -0.25) is 4.68 Å². The molecule has 0 aliphatic carbocycles.